The molecule has 0 aromatic carbocycles. The topological polar surface area (TPSA) is 588 Å². The van der Waals surface area contributed by atoms with Crippen LogP contribution in [-0.4, -0.2) is 367 Å². The van der Waals surface area contributed by atoms with Crippen LogP contribution >= 0.6 is 0 Å². The molecule has 0 saturated carbocycles. The zero-order chi connectivity index (χ0) is 88.6. The summed E-state index contributed by atoms with van der Waals surface area (Å²) in [6.07, 6.45) is -6.39. The maximum absolute atomic E-state index is 14.2. The van der Waals surface area contributed by atoms with Crippen molar-refractivity contribution in [1.82, 2.24) is 57.7 Å². The van der Waals surface area contributed by atoms with E-state index in [9.17, 15) is 104 Å². The molecule has 0 aromatic rings. The number of ether oxygens (including phenoxy) is 9. The SMILES string of the molecule is CC[C@@H]1C[C@@H](O)CN1C(=O)CCCCCCCCCCC(=O)N1C[C@H](OCCC(=O)NCCCNC(=O)CCCCO[C@@H]2O[C@H](CO)[C@H](O)[C@H](O)[C@H]2NC(C)=O)[C@@H](OCCC(=O)NCCCNC(=O)CCCCO[C@@H]2O[C@H](CO)[C@H](O)[C@H](O)[C@H]2NC(C)=O)[C@H](OCCC(=O)NCCCNC(=O)CCCCO[C@@H]2O[C@H](CO)[C@H](O)[C@H](O)[C@H]2NC(C)=O)C1. The molecule has 5 aliphatic rings. The number of rotatable bonds is 60. The number of aliphatic hydroxyl groups excluding tert-OH is 10. The lowest BCUT2D eigenvalue weighted by Crippen LogP contribution is -2.64. The molecule has 41 nitrogen and oxygen atoms in total. The second-order valence-electron chi connectivity index (χ2n) is 31.5. The Kier molecular flexibility index (Phi) is 51.5. The minimum absolute atomic E-state index is 0.0311. The second-order valence-corrected chi connectivity index (χ2v) is 31.5. The van der Waals surface area contributed by atoms with E-state index >= 15 is 0 Å². The number of aliphatic hydroxyl groups is 10. The average Bonchev–Trinajstić information content (AvgIpc) is 1.57. The molecule has 11 amide bonds. The number of hydrogen-bond donors (Lipinski definition) is 19. The molecular formula is C80H141N11O30. The standard InChI is InChI=1S/C80H141N11O30/c1-5-53-43-54(98)44-91(53)67(106)27-13-11-9-7-6-8-10-12-26-66(105)90-45-55(113-40-28-63(102)84-34-20-31-81-60(99)23-14-17-37-116-78-68(87-50(2)95)74(110)71(107)57(47-92)119-78)77(115-42-30-65(104)86-36-22-33-83-62(101)25-16-19-39-118-80-70(89-52(4)97)76(112)73(109)59(49-94)121-80)56(46-90)114-41-29-64(103)85-35-21-32-82-61(100)24-15-18-38-117-79-69(88-51(3)96)75(111)72(108)58(48-93)120-79/h53-59,68-80,92-94,98,107-112H,5-49H2,1-4H3,(H,81,99)(H,82,100)(H,83,101)(H,84,102)(H,85,103)(H,86,104)(H,87,95)(H,88,96)(H,89,97)/t53-,54-,55-,56+,57-,58-,59-,68-,69-,70-,71+,72+,73+,74-,75-,76-,77+,78-,79-,80-/m1/s1. The Morgan fingerprint density at radius 1 is 0.339 bits per heavy atom. The van der Waals surface area contributed by atoms with E-state index in [1.165, 1.54) is 20.8 Å². The first kappa shape index (κ1) is 105. The highest BCUT2D eigenvalue weighted by Crippen LogP contribution is 2.29. The number of carbonyl (C=O) groups is 11. The van der Waals surface area contributed by atoms with Crippen LogP contribution in [0, 0.1) is 0 Å². The Labute approximate surface area is 708 Å². The number of β-amino-alcohol motifs (C(OH)–C–C–N with tert-alkyl or cyclic N) is 1. The summed E-state index contributed by atoms with van der Waals surface area (Å²) in [7, 11) is 0. The molecule has 41 heteroatoms. The van der Waals surface area contributed by atoms with E-state index < -0.39 is 154 Å². The van der Waals surface area contributed by atoms with Gasteiger partial charge in [-0.1, -0.05) is 45.4 Å². The summed E-state index contributed by atoms with van der Waals surface area (Å²) in [5.74, 6) is -3.45. The van der Waals surface area contributed by atoms with Gasteiger partial charge in [-0.3, -0.25) is 52.7 Å². The van der Waals surface area contributed by atoms with Crippen LogP contribution in [0.3, 0.4) is 0 Å². The Morgan fingerprint density at radius 2 is 0.636 bits per heavy atom. The van der Waals surface area contributed by atoms with Crippen molar-refractivity contribution >= 4 is 65.0 Å². The van der Waals surface area contributed by atoms with E-state index in [-0.39, 0.29) is 190 Å². The van der Waals surface area contributed by atoms with Crippen LogP contribution in [0.1, 0.15) is 201 Å². The van der Waals surface area contributed by atoms with E-state index in [1.807, 2.05) is 11.8 Å². The molecule has 5 aliphatic heterocycles. The third-order valence-electron chi connectivity index (χ3n) is 21.5. The molecule has 0 radical (unpaired) electrons. The number of unbranched alkanes of at least 4 members (excludes halogenated alkanes) is 10. The average molecular weight is 1740 g/mol. The number of amides is 11. The summed E-state index contributed by atoms with van der Waals surface area (Å²) in [6, 6.07) is -3.21. The highest BCUT2D eigenvalue weighted by molar-refractivity contribution is 5.79. The van der Waals surface area contributed by atoms with Crippen molar-refractivity contribution in [1.29, 1.82) is 0 Å². The van der Waals surface area contributed by atoms with Crippen molar-refractivity contribution in [2.45, 2.75) is 323 Å². The molecule has 0 unspecified atom stereocenters. The lowest BCUT2D eigenvalue weighted by atomic mass is 9.97. The van der Waals surface area contributed by atoms with Crippen LogP contribution in [0.5, 0.6) is 0 Å². The molecule has 5 rings (SSSR count). The van der Waals surface area contributed by atoms with Gasteiger partial charge in [0.1, 0.15) is 91.4 Å². The Bertz CT molecular complexity index is 2960. The third kappa shape index (κ3) is 39.7. The van der Waals surface area contributed by atoms with Crippen molar-refractivity contribution in [3.05, 3.63) is 0 Å². The molecule has 696 valence electrons. The van der Waals surface area contributed by atoms with Crippen molar-refractivity contribution < 1.29 is 146 Å². The molecule has 0 spiro atoms. The van der Waals surface area contributed by atoms with Crippen LogP contribution in [0.2, 0.25) is 0 Å². The van der Waals surface area contributed by atoms with E-state index in [4.69, 9.17) is 42.6 Å². The predicted octanol–water partition coefficient (Wildman–Crippen LogP) is -4.31. The molecule has 0 bridgehead atoms. The number of nitrogens with one attached hydrogen (secondary N) is 9. The van der Waals surface area contributed by atoms with Crippen LogP contribution < -0.4 is 47.9 Å². The number of hydrogen-bond acceptors (Lipinski definition) is 30. The van der Waals surface area contributed by atoms with Gasteiger partial charge in [0.2, 0.25) is 65.0 Å². The summed E-state index contributed by atoms with van der Waals surface area (Å²) in [6.45, 7) is 5.50. The lowest BCUT2D eigenvalue weighted by Gasteiger charge is -2.43. The maximum Gasteiger partial charge on any atom is 0.222 e. The fourth-order valence-corrected chi connectivity index (χ4v) is 14.8. The first-order valence-corrected chi connectivity index (χ1v) is 43.3. The van der Waals surface area contributed by atoms with Gasteiger partial charge in [-0.25, -0.2) is 0 Å². The summed E-state index contributed by atoms with van der Waals surface area (Å²) in [5, 5.41) is 126. The highest BCUT2D eigenvalue weighted by atomic mass is 16.7. The monoisotopic (exact) mass is 1740 g/mol. The molecule has 121 heavy (non-hydrogen) atoms. The maximum atomic E-state index is 14.2. The summed E-state index contributed by atoms with van der Waals surface area (Å²) in [5.41, 5.74) is 0. The van der Waals surface area contributed by atoms with Crippen molar-refractivity contribution in [3.63, 3.8) is 0 Å². The lowest BCUT2D eigenvalue weighted by molar-refractivity contribution is -0.270. The molecule has 0 aliphatic carbocycles. The first-order valence-electron chi connectivity index (χ1n) is 43.3. The minimum Gasteiger partial charge on any atom is -0.394 e. The molecule has 19 N–H and O–H groups in total. The molecule has 5 heterocycles. The van der Waals surface area contributed by atoms with Gasteiger partial charge in [0.05, 0.1) is 45.7 Å². The largest absolute Gasteiger partial charge is 0.394 e. The zero-order valence-corrected chi connectivity index (χ0v) is 70.9. The first-order chi connectivity index (χ1) is 58.1. The minimum atomic E-state index is -1.47. The van der Waals surface area contributed by atoms with Crippen LogP contribution in [-0.2, 0) is 95.4 Å². The van der Waals surface area contributed by atoms with Crippen molar-refractivity contribution in [2.75, 3.05) is 118 Å². The van der Waals surface area contributed by atoms with Gasteiger partial charge in [0.25, 0.3) is 0 Å². The van der Waals surface area contributed by atoms with Gasteiger partial charge in [-0.2, -0.15) is 0 Å². The van der Waals surface area contributed by atoms with Crippen molar-refractivity contribution in [2.24, 2.45) is 0 Å². The smallest absolute Gasteiger partial charge is 0.222 e. The normalized spacial score (nSPS) is 27.3. The Balaban J connectivity index is 1.13. The predicted molar refractivity (Wildman–Crippen MR) is 430 cm³/mol. The number of nitrogens with zero attached hydrogens (tertiary/aromatic N) is 2. The number of likely N-dealkylation sites (tertiary alicyclic amines) is 2. The number of piperidine rings is 1. The molecular weight excluding hydrogens is 1590 g/mol. The molecule has 5 saturated heterocycles. The van der Waals surface area contributed by atoms with Gasteiger partial charge in [-0.15, -0.1) is 0 Å². The van der Waals surface area contributed by atoms with E-state index in [2.05, 4.69) is 47.9 Å². The van der Waals surface area contributed by atoms with Gasteiger partial charge in [-0.05, 0) is 83.5 Å². The van der Waals surface area contributed by atoms with Gasteiger partial charge in [0.15, 0.2) is 18.9 Å². The molecule has 0 aromatic heterocycles. The third-order valence-corrected chi connectivity index (χ3v) is 21.5. The molecule has 5 fully saturated rings. The van der Waals surface area contributed by atoms with Crippen molar-refractivity contribution in [3.8, 4) is 0 Å². The van der Waals surface area contributed by atoms with Gasteiger partial charge >= 0.3 is 0 Å². The summed E-state index contributed by atoms with van der Waals surface area (Å²) < 4.78 is 53.3. The highest BCUT2D eigenvalue weighted by Gasteiger charge is 2.49. The number of carbonyl (C=O) groups excluding carboxylic acids is 11. The second kappa shape index (κ2) is 59.3. The van der Waals surface area contributed by atoms with Crippen LogP contribution in [0.15, 0.2) is 0 Å². The Hall–Kier alpha value is -6.59. The zero-order valence-electron chi connectivity index (χ0n) is 70.9. The van der Waals surface area contributed by atoms with Crippen LogP contribution in [0.25, 0.3) is 0 Å². The summed E-state index contributed by atoms with van der Waals surface area (Å²) in [4.78, 5) is 144. The summed E-state index contributed by atoms with van der Waals surface area (Å²) >= 11 is 0. The van der Waals surface area contributed by atoms with E-state index in [0.717, 1.165) is 51.4 Å². The Morgan fingerprint density at radius 3 is 0.950 bits per heavy atom. The van der Waals surface area contributed by atoms with Crippen LogP contribution in [0.4, 0.5) is 0 Å². The van der Waals surface area contributed by atoms with Gasteiger partial charge in [0, 0.05) is 157 Å². The van der Waals surface area contributed by atoms with E-state index in [1.54, 1.807) is 4.90 Å². The fourth-order valence-electron chi connectivity index (χ4n) is 14.8. The fraction of sp³-hybridized carbons (Fsp3) is 0.863. The quantitative estimate of drug-likeness (QED) is 0.0256. The molecule has 20 atom stereocenters. The van der Waals surface area contributed by atoms with E-state index in [0.29, 0.717) is 83.6 Å². The van der Waals surface area contributed by atoms with Gasteiger partial charge < -0.3 is 151 Å².